The second-order valence-corrected chi connectivity index (χ2v) is 0.326. The van der Waals surface area contributed by atoms with E-state index in [1.54, 1.807) is 0 Å². The van der Waals surface area contributed by atoms with E-state index in [1.165, 1.54) is 4.97 Å². The molecule has 0 heterocycles. The fraction of sp³-hybridized carbons (Fsp3) is 0. The number of hydrogen-bond donors (Lipinski definition) is 0. The van der Waals surface area contributed by atoms with E-state index >= 15 is 0 Å². The van der Waals surface area contributed by atoms with Crippen LogP contribution in [0, 0.1) is 10.2 Å². The Labute approximate surface area is 125 Å². The zero-order valence-corrected chi connectivity index (χ0v) is 2.40. The van der Waals surface area contributed by atoms with Crippen molar-refractivity contribution in [1.29, 1.82) is 5.26 Å². The quantitative estimate of drug-likeness (QED) is 0.407. The van der Waals surface area contributed by atoms with Gasteiger partial charge in [0, 0.05) is 0 Å². The summed E-state index contributed by atoms with van der Waals surface area (Å²) in [5.41, 5.74) is 0. The minimum absolute atomic E-state index is 0. The number of hydrogen-bond acceptors (Lipinski definition) is 1. The van der Waals surface area contributed by atoms with E-state index in [1.807, 2.05) is 0 Å². The van der Waals surface area contributed by atoms with Crippen molar-refractivity contribution in [1.82, 2.24) is 0 Å². The zero-order chi connectivity index (χ0) is 2.71. The van der Waals surface area contributed by atoms with Gasteiger partial charge in [-0.15, -0.1) is 0 Å². The van der Waals surface area contributed by atoms with Gasteiger partial charge in [0.25, 0.3) is 0 Å². The molecule has 0 rings (SSSR count). The number of nitriles is 1. The average Bonchev–Trinajstić information content (AvgIpc) is 0.918. The fourth-order valence-corrected chi connectivity index (χ4v) is 0. The van der Waals surface area contributed by atoms with Crippen molar-refractivity contribution in [2.45, 2.75) is 0 Å². The first-order valence-corrected chi connectivity index (χ1v) is 0.952. The molecular weight excluding hydrogens is 160 g/mol. The molecule has 0 aromatic rings. The molecule has 0 aliphatic carbocycles. The SMILES string of the molecule is N#[C][Fe].[KH].[KH]. The van der Waals surface area contributed by atoms with E-state index in [4.69, 9.17) is 5.26 Å². The Morgan fingerprint density at radius 2 is 1.40 bits per heavy atom. The normalized spacial score (nSPS) is 1.60. The van der Waals surface area contributed by atoms with Gasteiger partial charge in [-0.3, -0.25) is 0 Å². The van der Waals surface area contributed by atoms with Crippen molar-refractivity contribution < 1.29 is 16.0 Å². The van der Waals surface area contributed by atoms with E-state index in [0.717, 1.165) is 0 Å². The molecule has 4 heteroatoms. The summed E-state index contributed by atoms with van der Waals surface area (Å²) in [7, 11) is 0. The predicted molar refractivity (Wildman–Crippen MR) is 19.9 cm³/mol. The van der Waals surface area contributed by atoms with Gasteiger partial charge in [0.05, 0.1) is 0 Å². The van der Waals surface area contributed by atoms with Gasteiger partial charge >= 0.3 is 129 Å². The summed E-state index contributed by atoms with van der Waals surface area (Å²) in [4.78, 5) is 1.50. The standard InChI is InChI=1S/CN.Fe.2K.2H/c1-2;;;;;. The molecule has 0 spiro atoms. The van der Waals surface area contributed by atoms with E-state index in [0.29, 0.717) is 0 Å². The van der Waals surface area contributed by atoms with Gasteiger partial charge < -0.3 is 0 Å². The fourth-order valence-electron chi connectivity index (χ4n) is 0. The van der Waals surface area contributed by atoms with E-state index < -0.39 is 0 Å². The summed E-state index contributed by atoms with van der Waals surface area (Å²) < 4.78 is 0. The van der Waals surface area contributed by atoms with Crippen molar-refractivity contribution in [2.75, 3.05) is 0 Å². The second-order valence-electron chi connectivity index (χ2n) is 0.0791. The van der Waals surface area contributed by atoms with Crippen LogP contribution in [0.5, 0.6) is 0 Å². The topological polar surface area (TPSA) is 23.8 Å². The molecule has 0 amide bonds. The van der Waals surface area contributed by atoms with Gasteiger partial charge in [-0.1, -0.05) is 0 Å². The Morgan fingerprint density at radius 3 is 1.40 bits per heavy atom. The molecule has 0 N–H and O–H groups in total. The van der Waals surface area contributed by atoms with Gasteiger partial charge in [0.2, 0.25) is 0 Å². The van der Waals surface area contributed by atoms with Crippen LogP contribution in [-0.2, 0) is 16.0 Å². The van der Waals surface area contributed by atoms with Crippen LogP contribution in [0.15, 0.2) is 0 Å². The molecule has 0 radical (unpaired) electrons. The van der Waals surface area contributed by atoms with E-state index in [9.17, 15) is 0 Å². The summed E-state index contributed by atoms with van der Waals surface area (Å²) in [6, 6.07) is 0. The number of rotatable bonds is 0. The van der Waals surface area contributed by atoms with Gasteiger partial charge in [0.15, 0.2) is 0 Å². The van der Waals surface area contributed by atoms with Crippen LogP contribution in [0.2, 0.25) is 0 Å². The Balaban J connectivity index is -0.0000000200. The molecule has 0 fully saturated rings. The maximum absolute atomic E-state index is 7.21. The molecule has 21 valence electrons. The Hall–Kier alpha value is 3.28. The van der Waals surface area contributed by atoms with Gasteiger partial charge in [-0.2, -0.15) is 0 Å². The van der Waals surface area contributed by atoms with Crippen molar-refractivity contribution in [3.63, 3.8) is 0 Å². The Bertz CT molecular complexity index is 31.1. The molecule has 0 saturated heterocycles. The first-order valence-electron chi connectivity index (χ1n) is 0.400. The van der Waals surface area contributed by atoms with Crippen LogP contribution in [0.3, 0.4) is 0 Å². The Kier molecular flexibility index (Phi) is 49.3. The number of nitrogens with zero attached hydrogens (tertiary/aromatic N) is 1. The summed E-state index contributed by atoms with van der Waals surface area (Å²) in [5.74, 6) is 0. The third-order valence-electron chi connectivity index (χ3n) is 0. The first kappa shape index (κ1) is 15.7. The molecule has 0 aromatic carbocycles. The Morgan fingerprint density at radius 1 is 1.40 bits per heavy atom. The van der Waals surface area contributed by atoms with Crippen molar-refractivity contribution in [3.05, 3.63) is 0 Å². The third kappa shape index (κ3) is 18.9. The monoisotopic (exact) mass is 162 g/mol. The van der Waals surface area contributed by atoms with Crippen molar-refractivity contribution in [3.8, 4) is 4.97 Å². The van der Waals surface area contributed by atoms with Crippen LogP contribution in [0.1, 0.15) is 0 Å². The zero-order valence-electron chi connectivity index (χ0n) is 1.30. The van der Waals surface area contributed by atoms with Crippen LogP contribution in [0.4, 0.5) is 0 Å². The predicted octanol–water partition coefficient (Wildman–Crippen LogP) is -1.28. The van der Waals surface area contributed by atoms with Crippen LogP contribution in [0.25, 0.3) is 0 Å². The van der Waals surface area contributed by atoms with Gasteiger partial charge in [0.1, 0.15) is 0 Å². The third-order valence-corrected chi connectivity index (χ3v) is 0. The van der Waals surface area contributed by atoms with Gasteiger partial charge in [-0.25, -0.2) is 0 Å². The van der Waals surface area contributed by atoms with Crippen LogP contribution >= 0.6 is 0 Å². The average molecular weight is 162 g/mol. The molecule has 0 aromatic heterocycles. The molecule has 0 atom stereocenters. The van der Waals surface area contributed by atoms with Crippen molar-refractivity contribution >= 4 is 103 Å². The summed E-state index contributed by atoms with van der Waals surface area (Å²) in [5, 5.41) is 7.21. The van der Waals surface area contributed by atoms with Crippen LogP contribution < -0.4 is 0 Å². The molecular formula is CH2FeK2N. The summed E-state index contributed by atoms with van der Waals surface area (Å²) in [6.45, 7) is 0. The first-order chi connectivity index (χ1) is 1.41. The maximum atomic E-state index is 7.21. The molecule has 0 aliphatic heterocycles. The molecule has 1 nitrogen and oxygen atoms in total. The van der Waals surface area contributed by atoms with E-state index in [-0.39, 0.29) is 103 Å². The molecule has 0 unspecified atom stereocenters. The second kappa shape index (κ2) is 15.7. The molecule has 0 bridgehead atoms. The van der Waals surface area contributed by atoms with Crippen molar-refractivity contribution in [2.24, 2.45) is 0 Å². The summed E-state index contributed by atoms with van der Waals surface area (Å²) in [6.07, 6.45) is 0. The molecule has 0 aliphatic rings. The minimum atomic E-state index is 0. The van der Waals surface area contributed by atoms with E-state index in [2.05, 4.69) is 16.0 Å². The molecule has 5 heavy (non-hydrogen) atoms. The molecule has 0 saturated carbocycles. The van der Waals surface area contributed by atoms with Crippen LogP contribution in [-0.4, -0.2) is 103 Å². The van der Waals surface area contributed by atoms with Gasteiger partial charge in [-0.05, 0) is 0 Å². The summed E-state index contributed by atoms with van der Waals surface area (Å²) >= 11 is 2.79.